The fourth-order valence-corrected chi connectivity index (χ4v) is 3.22. The average Bonchev–Trinajstić information content (AvgIpc) is 2.79. The summed E-state index contributed by atoms with van der Waals surface area (Å²) in [7, 11) is 0. The van der Waals surface area contributed by atoms with Gasteiger partial charge in [-0.3, -0.25) is 14.0 Å². The molecular weight excluding hydrogens is 406 g/mol. The van der Waals surface area contributed by atoms with Crippen molar-refractivity contribution in [1.29, 1.82) is 0 Å². The van der Waals surface area contributed by atoms with Gasteiger partial charge < -0.3 is 14.8 Å². The molecule has 0 fully saturated rings. The van der Waals surface area contributed by atoms with Crippen molar-refractivity contribution in [1.82, 2.24) is 9.38 Å². The summed E-state index contributed by atoms with van der Waals surface area (Å²) in [5.41, 5.74) is 3.38. The van der Waals surface area contributed by atoms with Crippen molar-refractivity contribution in [3.05, 3.63) is 100 Å². The molecule has 0 bridgehead atoms. The standard InChI is InChI=1S/C25H23N3O4/c1-17-7-3-4-8-21(17)32-16-24(29)27-19-11-10-18(2)22(13-19)31-15-20-14-25(30)28-12-6-5-9-23(28)26-20/h3-14H,15-16H2,1-2H3,(H,27,29). The van der Waals surface area contributed by atoms with E-state index >= 15 is 0 Å². The van der Waals surface area contributed by atoms with Crippen LogP contribution in [0, 0.1) is 13.8 Å². The highest BCUT2D eigenvalue weighted by atomic mass is 16.5. The van der Waals surface area contributed by atoms with Crippen LogP contribution in [-0.4, -0.2) is 21.9 Å². The Hall–Kier alpha value is -4.13. The Balaban J connectivity index is 1.41. The minimum absolute atomic E-state index is 0.0973. The SMILES string of the molecule is Cc1ccccc1OCC(=O)Nc1ccc(C)c(OCc2cc(=O)n3ccccc3n2)c1. The second-order valence-corrected chi connectivity index (χ2v) is 7.39. The van der Waals surface area contributed by atoms with Crippen LogP contribution in [0.3, 0.4) is 0 Å². The van der Waals surface area contributed by atoms with E-state index in [9.17, 15) is 9.59 Å². The first-order valence-electron chi connectivity index (χ1n) is 10.2. The maximum atomic E-state index is 12.3. The van der Waals surface area contributed by atoms with Gasteiger partial charge in [0.1, 0.15) is 23.8 Å². The largest absolute Gasteiger partial charge is 0.487 e. The van der Waals surface area contributed by atoms with Gasteiger partial charge in [0.2, 0.25) is 0 Å². The van der Waals surface area contributed by atoms with Crippen LogP contribution >= 0.6 is 0 Å². The minimum Gasteiger partial charge on any atom is -0.487 e. The molecule has 32 heavy (non-hydrogen) atoms. The third-order valence-corrected chi connectivity index (χ3v) is 4.92. The van der Waals surface area contributed by atoms with Crippen molar-refractivity contribution < 1.29 is 14.3 Å². The topological polar surface area (TPSA) is 81.9 Å². The number of fused-ring (bicyclic) bond motifs is 1. The van der Waals surface area contributed by atoms with Crippen LogP contribution in [-0.2, 0) is 11.4 Å². The number of hydrogen-bond donors (Lipinski definition) is 1. The molecule has 2 heterocycles. The van der Waals surface area contributed by atoms with Crippen LogP contribution in [0.1, 0.15) is 16.8 Å². The fraction of sp³-hybridized carbons (Fsp3) is 0.160. The third kappa shape index (κ3) is 4.95. The summed E-state index contributed by atoms with van der Waals surface area (Å²) in [6, 6.07) is 19.8. The van der Waals surface area contributed by atoms with Gasteiger partial charge in [-0.05, 0) is 49.2 Å². The molecule has 0 saturated heterocycles. The predicted molar refractivity (Wildman–Crippen MR) is 122 cm³/mol. The van der Waals surface area contributed by atoms with Gasteiger partial charge in [0.15, 0.2) is 6.61 Å². The number of aromatic nitrogens is 2. The first-order valence-corrected chi connectivity index (χ1v) is 10.2. The highest BCUT2D eigenvalue weighted by Gasteiger charge is 2.09. The zero-order valence-corrected chi connectivity index (χ0v) is 17.9. The van der Waals surface area contributed by atoms with E-state index in [1.165, 1.54) is 10.5 Å². The zero-order valence-electron chi connectivity index (χ0n) is 17.9. The summed E-state index contributed by atoms with van der Waals surface area (Å²) in [4.78, 5) is 29.0. The number of nitrogens with one attached hydrogen (secondary N) is 1. The summed E-state index contributed by atoms with van der Waals surface area (Å²) in [5.74, 6) is 0.999. The van der Waals surface area contributed by atoms with E-state index in [0.717, 1.165) is 11.1 Å². The molecule has 0 aliphatic heterocycles. The van der Waals surface area contributed by atoms with Crippen molar-refractivity contribution in [2.45, 2.75) is 20.5 Å². The van der Waals surface area contributed by atoms with Crippen molar-refractivity contribution in [2.75, 3.05) is 11.9 Å². The van der Waals surface area contributed by atoms with Crippen molar-refractivity contribution in [3.8, 4) is 11.5 Å². The molecule has 7 heteroatoms. The fourth-order valence-electron chi connectivity index (χ4n) is 3.22. The number of carbonyl (C=O) groups excluding carboxylic acids is 1. The number of pyridine rings is 1. The Morgan fingerprint density at radius 3 is 2.56 bits per heavy atom. The predicted octanol–water partition coefficient (Wildman–Crippen LogP) is 3.91. The van der Waals surface area contributed by atoms with E-state index in [1.54, 1.807) is 30.5 Å². The van der Waals surface area contributed by atoms with E-state index < -0.39 is 0 Å². The molecule has 0 aliphatic rings. The minimum atomic E-state index is -0.271. The Labute approximate surface area is 185 Å². The molecule has 2 aromatic carbocycles. The highest BCUT2D eigenvalue weighted by Crippen LogP contribution is 2.24. The van der Waals surface area contributed by atoms with Gasteiger partial charge in [0.05, 0.1) is 5.69 Å². The number of hydrogen-bond acceptors (Lipinski definition) is 5. The smallest absolute Gasteiger partial charge is 0.262 e. The van der Waals surface area contributed by atoms with Gasteiger partial charge >= 0.3 is 0 Å². The molecule has 0 saturated carbocycles. The molecule has 0 spiro atoms. The molecule has 0 atom stereocenters. The van der Waals surface area contributed by atoms with Gasteiger partial charge in [0.25, 0.3) is 11.5 Å². The molecule has 1 N–H and O–H groups in total. The first kappa shape index (κ1) is 21.1. The summed E-state index contributed by atoms with van der Waals surface area (Å²) < 4.78 is 13.0. The lowest BCUT2D eigenvalue weighted by atomic mass is 10.2. The second-order valence-electron chi connectivity index (χ2n) is 7.39. The molecule has 162 valence electrons. The maximum Gasteiger partial charge on any atom is 0.262 e. The van der Waals surface area contributed by atoms with Gasteiger partial charge in [-0.2, -0.15) is 0 Å². The number of para-hydroxylation sites is 1. The van der Waals surface area contributed by atoms with Crippen molar-refractivity contribution >= 4 is 17.2 Å². The zero-order chi connectivity index (χ0) is 22.5. The molecular formula is C25H23N3O4. The summed E-state index contributed by atoms with van der Waals surface area (Å²) >= 11 is 0. The number of ether oxygens (including phenoxy) is 2. The van der Waals surface area contributed by atoms with E-state index in [4.69, 9.17) is 9.47 Å². The summed E-state index contributed by atoms with van der Waals surface area (Å²) in [6.45, 7) is 3.87. The Morgan fingerprint density at radius 2 is 1.72 bits per heavy atom. The molecule has 2 aromatic heterocycles. The number of benzene rings is 2. The Kier molecular flexibility index (Phi) is 6.17. The van der Waals surface area contributed by atoms with Crippen LogP contribution in [0.5, 0.6) is 11.5 Å². The number of amides is 1. The van der Waals surface area contributed by atoms with E-state index in [0.29, 0.717) is 28.5 Å². The lowest BCUT2D eigenvalue weighted by Crippen LogP contribution is -2.20. The first-order chi connectivity index (χ1) is 15.5. The number of carbonyl (C=O) groups is 1. The lowest BCUT2D eigenvalue weighted by molar-refractivity contribution is -0.118. The Morgan fingerprint density at radius 1 is 0.938 bits per heavy atom. The van der Waals surface area contributed by atoms with Crippen LogP contribution in [0.4, 0.5) is 5.69 Å². The maximum absolute atomic E-state index is 12.3. The lowest BCUT2D eigenvalue weighted by Gasteiger charge is -2.13. The third-order valence-electron chi connectivity index (χ3n) is 4.92. The number of anilines is 1. The summed E-state index contributed by atoms with van der Waals surface area (Å²) in [5, 5.41) is 2.82. The van der Waals surface area contributed by atoms with Gasteiger partial charge in [-0.15, -0.1) is 0 Å². The molecule has 1 amide bonds. The van der Waals surface area contributed by atoms with Crippen LogP contribution < -0.4 is 20.3 Å². The second kappa shape index (κ2) is 9.34. The molecule has 7 nitrogen and oxygen atoms in total. The average molecular weight is 429 g/mol. The van der Waals surface area contributed by atoms with E-state index in [1.807, 2.05) is 50.2 Å². The Bertz CT molecular complexity index is 1330. The van der Waals surface area contributed by atoms with Crippen LogP contribution in [0.15, 0.2) is 77.7 Å². The number of nitrogens with zero attached hydrogens (tertiary/aromatic N) is 2. The molecule has 0 unspecified atom stereocenters. The molecule has 0 radical (unpaired) electrons. The summed E-state index contributed by atoms with van der Waals surface area (Å²) in [6.07, 6.45) is 1.68. The van der Waals surface area contributed by atoms with Crippen molar-refractivity contribution in [3.63, 3.8) is 0 Å². The highest BCUT2D eigenvalue weighted by molar-refractivity contribution is 5.92. The number of rotatable bonds is 7. The van der Waals surface area contributed by atoms with Gasteiger partial charge in [-0.25, -0.2) is 4.98 Å². The van der Waals surface area contributed by atoms with Crippen LogP contribution in [0.2, 0.25) is 0 Å². The molecule has 0 aliphatic carbocycles. The van der Waals surface area contributed by atoms with Gasteiger partial charge in [-0.1, -0.05) is 30.3 Å². The monoisotopic (exact) mass is 429 g/mol. The molecule has 4 aromatic rings. The van der Waals surface area contributed by atoms with Crippen LogP contribution in [0.25, 0.3) is 5.65 Å². The van der Waals surface area contributed by atoms with Crippen molar-refractivity contribution in [2.24, 2.45) is 0 Å². The normalized spacial score (nSPS) is 10.7. The number of aryl methyl sites for hydroxylation is 2. The van der Waals surface area contributed by atoms with E-state index in [-0.39, 0.29) is 24.7 Å². The van der Waals surface area contributed by atoms with Gasteiger partial charge in [0, 0.05) is 24.0 Å². The van der Waals surface area contributed by atoms with E-state index in [2.05, 4.69) is 10.3 Å². The molecule has 4 rings (SSSR count). The quantitative estimate of drug-likeness (QED) is 0.482.